The lowest BCUT2D eigenvalue weighted by Gasteiger charge is -2.03. The van der Waals surface area contributed by atoms with Crippen molar-refractivity contribution in [1.29, 1.82) is 0 Å². The number of imidazole rings is 1. The van der Waals surface area contributed by atoms with Gasteiger partial charge < -0.3 is 9.14 Å². The minimum atomic E-state index is 0.603. The van der Waals surface area contributed by atoms with Crippen LogP contribution in [0.3, 0.4) is 0 Å². The van der Waals surface area contributed by atoms with E-state index in [1.165, 1.54) is 0 Å². The zero-order chi connectivity index (χ0) is 14.8. The molecule has 0 atom stereocenters. The van der Waals surface area contributed by atoms with Gasteiger partial charge >= 0.3 is 0 Å². The summed E-state index contributed by atoms with van der Waals surface area (Å²) in [6.07, 6.45) is 2.82. The number of ether oxygens (including phenoxy) is 1. The second-order valence-corrected chi connectivity index (χ2v) is 4.90. The van der Waals surface area contributed by atoms with E-state index in [4.69, 9.17) is 9.72 Å². The van der Waals surface area contributed by atoms with Crippen LogP contribution in [-0.4, -0.2) is 37.9 Å². The molecular formula is C15H19N5O. The van der Waals surface area contributed by atoms with Gasteiger partial charge in [0.05, 0.1) is 18.8 Å². The largest absolute Gasteiger partial charge is 0.383 e. The highest BCUT2D eigenvalue weighted by Crippen LogP contribution is 2.22. The SMILES string of the molecule is CCc1nc(-c2nc3ccccn3c2C)n(CCOC)n1. The molecule has 21 heavy (non-hydrogen) atoms. The molecular weight excluding hydrogens is 266 g/mol. The highest BCUT2D eigenvalue weighted by molar-refractivity contribution is 5.60. The number of pyridine rings is 1. The summed E-state index contributed by atoms with van der Waals surface area (Å²) in [5, 5.41) is 4.53. The summed E-state index contributed by atoms with van der Waals surface area (Å²) in [6, 6.07) is 5.98. The Morgan fingerprint density at radius 2 is 2.10 bits per heavy atom. The molecule has 0 radical (unpaired) electrons. The first-order valence-electron chi connectivity index (χ1n) is 7.11. The molecule has 3 rings (SSSR count). The van der Waals surface area contributed by atoms with Crippen LogP contribution in [0.25, 0.3) is 17.2 Å². The zero-order valence-electron chi connectivity index (χ0n) is 12.6. The van der Waals surface area contributed by atoms with Gasteiger partial charge in [-0.3, -0.25) is 0 Å². The summed E-state index contributed by atoms with van der Waals surface area (Å²) in [5.41, 5.74) is 2.87. The highest BCUT2D eigenvalue weighted by atomic mass is 16.5. The molecule has 3 aromatic heterocycles. The van der Waals surface area contributed by atoms with E-state index in [1.807, 2.05) is 29.1 Å². The lowest BCUT2D eigenvalue weighted by atomic mass is 10.3. The molecule has 0 saturated heterocycles. The van der Waals surface area contributed by atoms with Crippen LogP contribution < -0.4 is 0 Å². The van der Waals surface area contributed by atoms with Crippen molar-refractivity contribution >= 4 is 5.65 Å². The Kier molecular flexibility index (Phi) is 3.70. The van der Waals surface area contributed by atoms with Crippen LogP contribution >= 0.6 is 0 Å². The smallest absolute Gasteiger partial charge is 0.179 e. The predicted octanol–water partition coefficient (Wildman–Crippen LogP) is 2.11. The van der Waals surface area contributed by atoms with Crippen molar-refractivity contribution in [2.45, 2.75) is 26.8 Å². The van der Waals surface area contributed by atoms with Crippen LogP contribution in [0.5, 0.6) is 0 Å². The molecule has 0 bridgehead atoms. The summed E-state index contributed by atoms with van der Waals surface area (Å²) >= 11 is 0. The maximum atomic E-state index is 5.15. The number of aryl methyl sites for hydroxylation is 2. The molecule has 0 aliphatic carbocycles. The monoisotopic (exact) mass is 285 g/mol. The Morgan fingerprint density at radius 1 is 1.24 bits per heavy atom. The third kappa shape index (κ3) is 2.42. The van der Waals surface area contributed by atoms with Crippen LogP contribution in [0.15, 0.2) is 24.4 Å². The Hall–Kier alpha value is -2.21. The van der Waals surface area contributed by atoms with E-state index in [2.05, 4.69) is 28.3 Å². The van der Waals surface area contributed by atoms with E-state index in [0.29, 0.717) is 13.2 Å². The lowest BCUT2D eigenvalue weighted by Crippen LogP contribution is -2.08. The van der Waals surface area contributed by atoms with Gasteiger partial charge in [-0.2, -0.15) is 5.10 Å². The molecule has 3 aromatic rings. The van der Waals surface area contributed by atoms with Gasteiger partial charge in [0.15, 0.2) is 11.6 Å². The molecule has 3 heterocycles. The quantitative estimate of drug-likeness (QED) is 0.720. The molecule has 6 nitrogen and oxygen atoms in total. The Morgan fingerprint density at radius 3 is 2.81 bits per heavy atom. The van der Waals surface area contributed by atoms with Crippen LogP contribution in [0.2, 0.25) is 0 Å². The van der Waals surface area contributed by atoms with E-state index < -0.39 is 0 Å². The average molecular weight is 285 g/mol. The Labute approximate surface area is 123 Å². The summed E-state index contributed by atoms with van der Waals surface area (Å²) in [4.78, 5) is 9.33. The molecule has 0 N–H and O–H groups in total. The second kappa shape index (κ2) is 5.65. The van der Waals surface area contributed by atoms with E-state index in [1.54, 1.807) is 7.11 Å². The molecule has 6 heteroatoms. The van der Waals surface area contributed by atoms with E-state index in [9.17, 15) is 0 Å². The number of hydrogen-bond acceptors (Lipinski definition) is 4. The number of nitrogens with zero attached hydrogens (tertiary/aromatic N) is 5. The molecule has 0 aliphatic rings. The fraction of sp³-hybridized carbons (Fsp3) is 0.400. The maximum Gasteiger partial charge on any atom is 0.179 e. The first-order valence-corrected chi connectivity index (χ1v) is 7.11. The number of aromatic nitrogens is 5. The van der Waals surface area contributed by atoms with E-state index in [-0.39, 0.29) is 0 Å². The van der Waals surface area contributed by atoms with Gasteiger partial charge in [0.1, 0.15) is 11.3 Å². The summed E-state index contributed by atoms with van der Waals surface area (Å²) in [7, 11) is 1.69. The number of rotatable bonds is 5. The molecule has 0 saturated carbocycles. The molecule has 110 valence electrons. The van der Waals surface area contributed by atoms with Gasteiger partial charge in [-0.15, -0.1) is 0 Å². The second-order valence-electron chi connectivity index (χ2n) is 4.90. The zero-order valence-corrected chi connectivity index (χ0v) is 12.6. The highest BCUT2D eigenvalue weighted by Gasteiger charge is 2.17. The van der Waals surface area contributed by atoms with E-state index in [0.717, 1.165) is 35.1 Å². The fourth-order valence-electron chi connectivity index (χ4n) is 2.38. The number of hydrogen-bond donors (Lipinski definition) is 0. The van der Waals surface area contributed by atoms with Crippen molar-refractivity contribution in [1.82, 2.24) is 24.1 Å². The summed E-state index contributed by atoms with van der Waals surface area (Å²) in [6.45, 7) is 5.38. The standard InChI is InChI=1S/C15H19N5O/c1-4-12-16-15(20(18-12)9-10-21-3)14-11(2)19-8-6-5-7-13(19)17-14/h5-8H,4,9-10H2,1-3H3. The van der Waals surface area contributed by atoms with E-state index >= 15 is 0 Å². The van der Waals surface area contributed by atoms with Crippen molar-refractivity contribution in [3.63, 3.8) is 0 Å². The third-order valence-corrected chi connectivity index (χ3v) is 3.52. The van der Waals surface area contributed by atoms with Gasteiger partial charge in [0.25, 0.3) is 0 Å². The maximum absolute atomic E-state index is 5.15. The summed E-state index contributed by atoms with van der Waals surface area (Å²) in [5.74, 6) is 1.64. The Bertz CT molecular complexity index is 759. The normalized spacial score (nSPS) is 11.4. The van der Waals surface area contributed by atoms with Crippen molar-refractivity contribution in [3.05, 3.63) is 35.9 Å². The minimum absolute atomic E-state index is 0.603. The average Bonchev–Trinajstić information content (AvgIpc) is 3.07. The fourth-order valence-corrected chi connectivity index (χ4v) is 2.38. The van der Waals surface area contributed by atoms with Gasteiger partial charge in [-0.1, -0.05) is 13.0 Å². The van der Waals surface area contributed by atoms with Crippen LogP contribution in [0, 0.1) is 6.92 Å². The molecule has 0 spiro atoms. The topological polar surface area (TPSA) is 57.2 Å². The van der Waals surface area contributed by atoms with Crippen LogP contribution in [0.1, 0.15) is 18.4 Å². The third-order valence-electron chi connectivity index (χ3n) is 3.52. The minimum Gasteiger partial charge on any atom is -0.383 e. The first-order chi connectivity index (χ1) is 10.2. The van der Waals surface area contributed by atoms with Crippen molar-refractivity contribution in [2.24, 2.45) is 0 Å². The number of fused-ring (bicyclic) bond motifs is 1. The molecule has 0 unspecified atom stereocenters. The van der Waals surface area contributed by atoms with Crippen molar-refractivity contribution in [3.8, 4) is 11.5 Å². The molecule has 0 fully saturated rings. The Balaban J connectivity index is 2.12. The molecule has 0 amide bonds. The lowest BCUT2D eigenvalue weighted by molar-refractivity contribution is 0.184. The van der Waals surface area contributed by atoms with Crippen LogP contribution in [-0.2, 0) is 17.7 Å². The first kappa shape index (κ1) is 13.8. The van der Waals surface area contributed by atoms with Gasteiger partial charge in [0, 0.05) is 19.7 Å². The summed E-state index contributed by atoms with van der Waals surface area (Å²) < 4.78 is 9.11. The van der Waals surface area contributed by atoms with Gasteiger partial charge in [-0.25, -0.2) is 14.6 Å². The van der Waals surface area contributed by atoms with Crippen molar-refractivity contribution in [2.75, 3.05) is 13.7 Å². The van der Waals surface area contributed by atoms with Gasteiger partial charge in [-0.05, 0) is 19.1 Å². The molecule has 0 aliphatic heterocycles. The molecule has 0 aromatic carbocycles. The number of methoxy groups -OCH3 is 1. The van der Waals surface area contributed by atoms with Crippen molar-refractivity contribution < 1.29 is 4.74 Å². The van der Waals surface area contributed by atoms with Gasteiger partial charge in [0.2, 0.25) is 0 Å². The predicted molar refractivity (Wildman–Crippen MR) is 80.2 cm³/mol. The van der Waals surface area contributed by atoms with Crippen LogP contribution in [0.4, 0.5) is 0 Å².